The first kappa shape index (κ1) is 12.6. The molecule has 0 unspecified atom stereocenters. The van der Waals surface area contributed by atoms with Crippen molar-refractivity contribution in [1.82, 2.24) is 10.3 Å². The molecule has 3 N–H and O–H groups in total. The van der Waals surface area contributed by atoms with Gasteiger partial charge in [0.2, 0.25) is 0 Å². The normalized spacial score (nSPS) is 10.5. The van der Waals surface area contributed by atoms with E-state index in [1.54, 1.807) is 12.3 Å². The smallest absolute Gasteiger partial charge is 0.269 e. The van der Waals surface area contributed by atoms with E-state index in [2.05, 4.69) is 24.1 Å². The zero-order valence-corrected chi connectivity index (χ0v) is 9.86. The van der Waals surface area contributed by atoms with Crippen LogP contribution in [0, 0.1) is 5.92 Å². The molecule has 1 aromatic rings. The molecule has 88 valence electrons. The summed E-state index contributed by atoms with van der Waals surface area (Å²) in [6.45, 7) is 5.36. The van der Waals surface area contributed by atoms with Crippen molar-refractivity contribution in [2.24, 2.45) is 11.7 Å². The van der Waals surface area contributed by atoms with Gasteiger partial charge in [-0.2, -0.15) is 0 Å². The zero-order chi connectivity index (χ0) is 12.0. The van der Waals surface area contributed by atoms with Gasteiger partial charge in [0.1, 0.15) is 5.69 Å². The molecular weight excluding hydrogens is 202 g/mol. The van der Waals surface area contributed by atoms with Crippen LogP contribution in [0.15, 0.2) is 18.3 Å². The summed E-state index contributed by atoms with van der Waals surface area (Å²) in [4.78, 5) is 15.7. The van der Waals surface area contributed by atoms with Gasteiger partial charge in [-0.3, -0.25) is 9.78 Å². The number of carbonyl (C=O) groups is 1. The number of hydrogen-bond donors (Lipinski definition) is 2. The molecule has 4 heteroatoms. The van der Waals surface area contributed by atoms with Crippen LogP contribution in [0.2, 0.25) is 0 Å². The summed E-state index contributed by atoms with van der Waals surface area (Å²) in [6.07, 6.45) is 2.59. The molecule has 0 aliphatic rings. The molecule has 0 aliphatic heterocycles. The minimum Gasteiger partial charge on any atom is -0.351 e. The zero-order valence-electron chi connectivity index (χ0n) is 9.86. The quantitative estimate of drug-likeness (QED) is 0.788. The first-order chi connectivity index (χ1) is 7.63. The lowest BCUT2D eigenvalue weighted by atomic mass is 10.1. The first-order valence-corrected chi connectivity index (χ1v) is 5.56. The molecule has 0 radical (unpaired) electrons. The van der Waals surface area contributed by atoms with Crippen LogP contribution in [0.1, 0.15) is 36.3 Å². The molecule has 0 saturated carbocycles. The molecule has 0 atom stereocenters. The number of amides is 1. The fraction of sp³-hybridized carbons (Fsp3) is 0.500. The van der Waals surface area contributed by atoms with Gasteiger partial charge >= 0.3 is 0 Å². The Morgan fingerprint density at radius 1 is 1.56 bits per heavy atom. The van der Waals surface area contributed by atoms with Gasteiger partial charge in [-0.25, -0.2) is 0 Å². The number of rotatable bonds is 5. The van der Waals surface area contributed by atoms with Crippen LogP contribution >= 0.6 is 0 Å². The maximum atomic E-state index is 11.7. The van der Waals surface area contributed by atoms with E-state index in [1.165, 1.54) is 0 Å². The second-order valence-electron chi connectivity index (χ2n) is 4.19. The van der Waals surface area contributed by atoms with Gasteiger partial charge in [-0.05, 0) is 30.0 Å². The van der Waals surface area contributed by atoms with Crippen molar-refractivity contribution >= 4 is 5.91 Å². The van der Waals surface area contributed by atoms with Crippen molar-refractivity contribution < 1.29 is 4.79 Å². The van der Waals surface area contributed by atoms with E-state index in [1.807, 2.05) is 6.07 Å². The number of nitrogens with two attached hydrogens (primary N) is 1. The van der Waals surface area contributed by atoms with Crippen molar-refractivity contribution in [1.29, 1.82) is 0 Å². The standard InChI is InChI=1S/C12H19N3O/c1-9(2)3-5-15-12(16)11-7-10(8-13)4-6-14-11/h4,6-7,9H,3,5,8,13H2,1-2H3,(H,15,16). The van der Waals surface area contributed by atoms with E-state index in [0.717, 1.165) is 12.0 Å². The molecule has 0 aromatic carbocycles. The van der Waals surface area contributed by atoms with Crippen LogP contribution in [-0.2, 0) is 6.54 Å². The molecule has 0 bridgehead atoms. The number of hydrogen-bond acceptors (Lipinski definition) is 3. The van der Waals surface area contributed by atoms with Gasteiger partial charge in [0.25, 0.3) is 5.91 Å². The Kier molecular flexibility index (Phi) is 4.92. The van der Waals surface area contributed by atoms with Crippen molar-refractivity contribution in [3.8, 4) is 0 Å². The van der Waals surface area contributed by atoms with Crippen molar-refractivity contribution in [2.45, 2.75) is 26.8 Å². The summed E-state index contributed by atoms with van der Waals surface area (Å²) in [5.74, 6) is 0.458. The highest BCUT2D eigenvalue weighted by Gasteiger charge is 2.06. The predicted molar refractivity (Wildman–Crippen MR) is 63.9 cm³/mol. The van der Waals surface area contributed by atoms with Gasteiger partial charge in [0, 0.05) is 19.3 Å². The third kappa shape index (κ3) is 3.98. The Balaban J connectivity index is 2.52. The van der Waals surface area contributed by atoms with E-state index in [-0.39, 0.29) is 5.91 Å². The maximum absolute atomic E-state index is 11.7. The maximum Gasteiger partial charge on any atom is 0.269 e. The highest BCUT2D eigenvalue weighted by Crippen LogP contribution is 2.01. The van der Waals surface area contributed by atoms with Crippen LogP contribution in [0.3, 0.4) is 0 Å². The first-order valence-electron chi connectivity index (χ1n) is 5.56. The van der Waals surface area contributed by atoms with Gasteiger partial charge in [0.05, 0.1) is 0 Å². The molecule has 0 spiro atoms. The third-order valence-electron chi connectivity index (χ3n) is 2.30. The van der Waals surface area contributed by atoms with E-state index in [9.17, 15) is 4.79 Å². The van der Waals surface area contributed by atoms with E-state index >= 15 is 0 Å². The average molecular weight is 221 g/mol. The number of aromatic nitrogens is 1. The summed E-state index contributed by atoms with van der Waals surface area (Å²) in [5.41, 5.74) is 6.86. The van der Waals surface area contributed by atoms with Crippen LogP contribution < -0.4 is 11.1 Å². The number of nitrogens with zero attached hydrogens (tertiary/aromatic N) is 1. The highest BCUT2D eigenvalue weighted by atomic mass is 16.1. The van der Waals surface area contributed by atoms with E-state index in [4.69, 9.17) is 5.73 Å². The van der Waals surface area contributed by atoms with Gasteiger partial charge in [0.15, 0.2) is 0 Å². The monoisotopic (exact) mass is 221 g/mol. The molecule has 1 amide bonds. The predicted octanol–water partition coefficient (Wildman–Crippen LogP) is 1.32. The molecule has 0 saturated heterocycles. The Labute approximate surface area is 96.3 Å². The Bertz CT molecular complexity index is 350. The lowest BCUT2D eigenvalue weighted by Gasteiger charge is -2.07. The van der Waals surface area contributed by atoms with Crippen LogP contribution in [-0.4, -0.2) is 17.4 Å². The van der Waals surface area contributed by atoms with Crippen LogP contribution in [0.4, 0.5) is 0 Å². The van der Waals surface area contributed by atoms with E-state index < -0.39 is 0 Å². The largest absolute Gasteiger partial charge is 0.351 e. The highest BCUT2D eigenvalue weighted by molar-refractivity contribution is 5.92. The minimum absolute atomic E-state index is 0.129. The van der Waals surface area contributed by atoms with Gasteiger partial charge < -0.3 is 11.1 Å². The van der Waals surface area contributed by atoms with Crippen molar-refractivity contribution in [3.05, 3.63) is 29.6 Å². The molecule has 0 fully saturated rings. The second-order valence-corrected chi connectivity index (χ2v) is 4.19. The SMILES string of the molecule is CC(C)CCNC(=O)c1cc(CN)ccn1. The third-order valence-corrected chi connectivity index (χ3v) is 2.30. The number of carbonyl (C=O) groups excluding carboxylic acids is 1. The molecule has 1 aromatic heterocycles. The van der Waals surface area contributed by atoms with Gasteiger partial charge in [-0.15, -0.1) is 0 Å². The van der Waals surface area contributed by atoms with Crippen LogP contribution in [0.25, 0.3) is 0 Å². The topological polar surface area (TPSA) is 68.0 Å². The summed E-state index contributed by atoms with van der Waals surface area (Å²) in [5, 5.41) is 2.84. The second kappa shape index (κ2) is 6.23. The molecule has 0 aliphatic carbocycles. The molecular formula is C12H19N3O. The minimum atomic E-state index is -0.129. The molecule has 16 heavy (non-hydrogen) atoms. The molecule has 1 heterocycles. The van der Waals surface area contributed by atoms with Crippen LogP contribution in [0.5, 0.6) is 0 Å². The lowest BCUT2D eigenvalue weighted by Crippen LogP contribution is -2.26. The molecule has 1 rings (SSSR count). The van der Waals surface area contributed by atoms with Crippen molar-refractivity contribution in [2.75, 3.05) is 6.54 Å². The average Bonchev–Trinajstić information content (AvgIpc) is 2.28. The molecule has 4 nitrogen and oxygen atoms in total. The fourth-order valence-electron chi connectivity index (χ4n) is 1.29. The number of pyridine rings is 1. The lowest BCUT2D eigenvalue weighted by molar-refractivity contribution is 0.0947. The van der Waals surface area contributed by atoms with Crippen molar-refractivity contribution in [3.63, 3.8) is 0 Å². The number of nitrogens with one attached hydrogen (secondary N) is 1. The Morgan fingerprint density at radius 2 is 2.31 bits per heavy atom. The Morgan fingerprint density at radius 3 is 2.94 bits per heavy atom. The summed E-state index contributed by atoms with van der Waals surface area (Å²) in [6, 6.07) is 3.54. The Hall–Kier alpha value is -1.42. The summed E-state index contributed by atoms with van der Waals surface area (Å²) in [7, 11) is 0. The summed E-state index contributed by atoms with van der Waals surface area (Å²) >= 11 is 0. The fourth-order valence-corrected chi connectivity index (χ4v) is 1.29. The summed E-state index contributed by atoms with van der Waals surface area (Å²) < 4.78 is 0. The van der Waals surface area contributed by atoms with Gasteiger partial charge in [-0.1, -0.05) is 13.8 Å². The van der Waals surface area contributed by atoms with E-state index in [0.29, 0.717) is 24.7 Å².